The molecule has 0 aromatic rings. The molecule has 0 aromatic carbocycles. The van der Waals surface area contributed by atoms with Crippen LogP contribution in [0.5, 0.6) is 0 Å². The Hall–Kier alpha value is -0.610. The van der Waals surface area contributed by atoms with Gasteiger partial charge in [-0.05, 0) is 19.5 Å². The number of nitrogens with one attached hydrogen (secondary N) is 1. The van der Waals surface area contributed by atoms with E-state index in [0.717, 1.165) is 39.1 Å². The van der Waals surface area contributed by atoms with Gasteiger partial charge in [0.2, 0.25) is 5.91 Å². The molecule has 1 atom stereocenters. The zero-order valence-electron chi connectivity index (χ0n) is 10.1. The lowest BCUT2D eigenvalue weighted by Crippen LogP contribution is -2.41. The first-order valence-electron chi connectivity index (χ1n) is 5.89. The molecule has 1 rings (SSSR count). The van der Waals surface area contributed by atoms with Crippen molar-refractivity contribution in [1.82, 2.24) is 15.1 Å². The Morgan fingerprint density at radius 3 is 2.60 bits per heavy atom. The summed E-state index contributed by atoms with van der Waals surface area (Å²) in [7, 11) is 1.87. The van der Waals surface area contributed by atoms with Crippen LogP contribution in [-0.2, 0) is 4.79 Å². The minimum absolute atomic E-state index is 0.0607. The Balaban J connectivity index is 2.18. The number of carbonyl (C=O) groups is 1. The van der Waals surface area contributed by atoms with Crippen LogP contribution in [0.15, 0.2) is 0 Å². The summed E-state index contributed by atoms with van der Waals surface area (Å²) < 4.78 is 0. The number of amides is 1. The van der Waals surface area contributed by atoms with Crippen LogP contribution in [0, 0.1) is 0 Å². The second-order valence-corrected chi connectivity index (χ2v) is 4.08. The number of hydrogen-bond donors (Lipinski definition) is 1. The van der Waals surface area contributed by atoms with E-state index in [2.05, 4.69) is 24.1 Å². The maximum Gasteiger partial charge on any atom is 0.239 e. The molecule has 1 heterocycles. The first-order valence-corrected chi connectivity index (χ1v) is 5.89. The molecular formula is C11H23N3O. The Kier molecular flexibility index (Phi) is 5.05. The van der Waals surface area contributed by atoms with Gasteiger partial charge in [-0.25, -0.2) is 0 Å². The Labute approximate surface area is 92.6 Å². The van der Waals surface area contributed by atoms with Crippen molar-refractivity contribution in [3.63, 3.8) is 0 Å². The zero-order valence-corrected chi connectivity index (χ0v) is 10.1. The molecule has 1 aliphatic rings. The van der Waals surface area contributed by atoms with Crippen molar-refractivity contribution < 1.29 is 4.79 Å². The van der Waals surface area contributed by atoms with Gasteiger partial charge in [0.25, 0.3) is 0 Å². The van der Waals surface area contributed by atoms with Gasteiger partial charge in [-0.2, -0.15) is 0 Å². The molecule has 0 bridgehead atoms. The maximum absolute atomic E-state index is 11.6. The quantitative estimate of drug-likeness (QED) is 0.682. The van der Waals surface area contributed by atoms with Crippen LogP contribution >= 0.6 is 0 Å². The second kappa shape index (κ2) is 6.08. The summed E-state index contributed by atoms with van der Waals surface area (Å²) in [5, 5.41) is 3.33. The fourth-order valence-electron chi connectivity index (χ4n) is 1.95. The van der Waals surface area contributed by atoms with E-state index in [-0.39, 0.29) is 11.9 Å². The van der Waals surface area contributed by atoms with Gasteiger partial charge >= 0.3 is 0 Å². The molecule has 0 aliphatic carbocycles. The van der Waals surface area contributed by atoms with Crippen molar-refractivity contribution in [3.05, 3.63) is 0 Å². The highest BCUT2D eigenvalue weighted by Crippen LogP contribution is 2.07. The summed E-state index contributed by atoms with van der Waals surface area (Å²) in [4.78, 5) is 15.7. The summed E-state index contributed by atoms with van der Waals surface area (Å²) >= 11 is 0. The van der Waals surface area contributed by atoms with E-state index in [1.54, 1.807) is 4.90 Å². The van der Waals surface area contributed by atoms with Crippen LogP contribution in [0.4, 0.5) is 0 Å². The van der Waals surface area contributed by atoms with Crippen molar-refractivity contribution in [3.8, 4) is 0 Å². The molecule has 0 radical (unpaired) electrons. The molecule has 4 heteroatoms. The molecule has 1 N–H and O–H groups in total. The fourth-order valence-corrected chi connectivity index (χ4v) is 1.95. The molecule has 0 saturated carbocycles. The van der Waals surface area contributed by atoms with E-state index in [4.69, 9.17) is 0 Å². The third kappa shape index (κ3) is 3.47. The molecule has 4 nitrogen and oxygen atoms in total. The summed E-state index contributed by atoms with van der Waals surface area (Å²) in [6.07, 6.45) is 0.952. The van der Waals surface area contributed by atoms with Crippen molar-refractivity contribution in [2.24, 2.45) is 0 Å². The molecule has 1 amide bonds. The lowest BCUT2D eigenvalue weighted by molar-refractivity contribution is -0.128. The molecule has 1 saturated heterocycles. The van der Waals surface area contributed by atoms with Gasteiger partial charge in [0.05, 0.1) is 6.04 Å². The predicted octanol–water partition coefficient (Wildman–Crippen LogP) is 0.149. The van der Waals surface area contributed by atoms with Gasteiger partial charge in [0, 0.05) is 26.7 Å². The zero-order chi connectivity index (χ0) is 11.3. The molecular weight excluding hydrogens is 190 g/mol. The number of nitrogens with zero attached hydrogens (tertiary/aromatic N) is 2. The Morgan fingerprint density at radius 1 is 1.47 bits per heavy atom. The van der Waals surface area contributed by atoms with E-state index in [1.807, 2.05) is 7.05 Å². The summed E-state index contributed by atoms with van der Waals surface area (Å²) in [6, 6.07) is 0.0607. The highest BCUT2D eigenvalue weighted by Gasteiger charge is 2.27. The molecule has 1 aliphatic heterocycles. The van der Waals surface area contributed by atoms with Gasteiger partial charge in [0.1, 0.15) is 0 Å². The van der Waals surface area contributed by atoms with Crippen molar-refractivity contribution in [2.45, 2.75) is 26.3 Å². The lowest BCUT2D eigenvalue weighted by atomic mass is 10.2. The molecule has 1 unspecified atom stereocenters. The number of hydrogen-bond acceptors (Lipinski definition) is 3. The van der Waals surface area contributed by atoms with Crippen LogP contribution in [0.2, 0.25) is 0 Å². The molecule has 15 heavy (non-hydrogen) atoms. The normalized spacial score (nSPS) is 21.7. The van der Waals surface area contributed by atoms with Crippen LogP contribution in [0.25, 0.3) is 0 Å². The largest absolute Gasteiger partial charge is 0.344 e. The molecule has 88 valence electrons. The average molecular weight is 213 g/mol. The number of carbonyl (C=O) groups excluding carboxylic acids is 1. The first-order chi connectivity index (χ1) is 7.19. The molecule has 0 aromatic heterocycles. The Bertz CT molecular complexity index is 204. The van der Waals surface area contributed by atoms with E-state index < -0.39 is 0 Å². The predicted molar refractivity (Wildman–Crippen MR) is 61.8 cm³/mol. The minimum Gasteiger partial charge on any atom is -0.344 e. The number of likely N-dealkylation sites (N-methyl/N-ethyl adjacent to an activating group) is 2. The van der Waals surface area contributed by atoms with Gasteiger partial charge in [-0.1, -0.05) is 13.8 Å². The second-order valence-electron chi connectivity index (χ2n) is 4.08. The number of likely N-dealkylation sites (tertiary alicyclic amines) is 1. The smallest absolute Gasteiger partial charge is 0.239 e. The molecule has 0 spiro atoms. The Morgan fingerprint density at radius 2 is 2.13 bits per heavy atom. The highest BCUT2D eigenvalue weighted by molar-refractivity contribution is 5.83. The summed E-state index contributed by atoms with van der Waals surface area (Å²) in [5.41, 5.74) is 0. The first kappa shape index (κ1) is 12.5. The van der Waals surface area contributed by atoms with Crippen molar-refractivity contribution >= 4 is 5.91 Å². The van der Waals surface area contributed by atoms with Crippen LogP contribution in [0.1, 0.15) is 20.3 Å². The lowest BCUT2D eigenvalue weighted by Gasteiger charge is -2.19. The SMILES string of the molecule is CCN(CC)CCNC1CCN(C)C1=O. The minimum atomic E-state index is 0.0607. The van der Waals surface area contributed by atoms with Crippen LogP contribution in [0.3, 0.4) is 0 Å². The fraction of sp³-hybridized carbons (Fsp3) is 0.909. The van der Waals surface area contributed by atoms with Gasteiger partial charge < -0.3 is 15.1 Å². The van der Waals surface area contributed by atoms with Gasteiger partial charge in [0.15, 0.2) is 0 Å². The van der Waals surface area contributed by atoms with Gasteiger partial charge in [-0.3, -0.25) is 4.79 Å². The molecule has 1 fully saturated rings. The standard InChI is InChI=1S/C11H23N3O/c1-4-14(5-2)9-7-12-10-6-8-13(3)11(10)15/h10,12H,4-9H2,1-3H3. The van der Waals surface area contributed by atoms with E-state index >= 15 is 0 Å². The maximum atomic E-state index is 11.6. The topological polar surface area (TPSA) is 35.6 Å². The van der Waals surface area contributed by atoms with Crippen LogP contribution in [-0.4, -0.2) is 61.5 Å². The third-order valence-electron chi connectivity index (χ3n) is 3.14. The third-order valence-corrected chi connectivity index (χ3v) is 3.14. The van der Waals surface area contributed by atoms with Crippen molar-refractivity contribution in [1.29, 1.82) is 0 Å². The monoisotopic (exact) mass is 213 g/mol. The van der Waals surface area contributed by atoms with Crippen molar-refractivity contribution in [2.75, 3.05) is 39.8 Å². The van der Waals surface area contributed by atoms with Gasteiger partial charge in [-0.15, -0.1) is 0 Å². The average Bonchev–Trinajstić information content (AvgIpc) is 2.56. The van der Waals surface area contributed by atoms with E-state index in [1.165, 1.54) is 0 Å². The van der Waals surface area contributed by atoms with E-state index in [0.29, 0.717) is 0 Å². The summed E-state index contributed by atoms with van der Waals surface area (Å²) in [6.45, 7) is 9.32. The van der Waals surface area contributed by atoms with E-state index in [9.17, 15) is 4.79 Å². The van der Waals surface area contributed by atoms with Crippen LogP contribution < -0.4 is 5.32 Å². The summed E-state index contributed by atoms with van der Waals surface area (Å²) in [5.74, 6) is 0.245. The number of rotatable bonds is 6. The highest BCUT2D eigenvalue weighted by atomic mass is 16.2.